The van der Waals surface area contributed by atoms with Crippen molar-refractivity contribution >= 4 is 33.3 Å². The van der Waals surface area contributed by atoms with E-state index in [0.717, 1.165) is 55.5 Å². The van der Waals surface area contributed by atoms with Gasteiger partial charge in [-0.25, -0.2) is 4.98 Å². The predicted octanol–water partition coefficient (Wildman–Crippen LogP) is 4.14. The van der Waals surface area contributed by atoms with Gasteiger partial charge >= 0.3 is 0 Å². The lowest BCUT2D eigenvalue weighted by molar-refractivity contribution is 0.736. The van der Waals surface area contributed by atoms with Gasteiger partial charge in [-0.2, -0.15) is 4.98 Å². The van der Waals surface area contributed by atoms with Crippen molar-refractivity contribution in [2.75, 3.05) is 29.9 Å². The van der Waals surface area contributed by atoms with Gasteiger partial charge in [0.2, 0.25) is 5.95 Å². The van der Waals surface area contributed by atoms with Gasteiger partial charge in [0.25, 0.3) is 0 Å². The largest absolute Gasteiger partial charge is 0.356 e. The van der Waals surface area contributed by atoms with Gasteiger partial charge in [0.05, 0.1) is 5.39 Å². The molecule has 0 bridgehead atoms. The Morgan fingerprint density at radius 1 is 1.10 bits per heavy atom. The molecule has 110 valence electrons. The Hall–Kier alpha value is -1.36. The molecule has 0 fully saturated rings. The molecule has 4 nitrogen and oxygen atoms in total. The molecule has 0 radical (unpaired) electrons. The second kappa shape index (κ2) is 7.43. The standard InChI is InChI=1S/C15H24N4S/c1-4-8-16-15-17-13(19(9-5-2)10-6-3)12-7-11-20-14(12)18-15/h7,11H,4-6,8-10H2,1-3H3,(H,16,17,18). The summed E-state index contributed by atoms with van der Waals surface area (Å²) in [6, 6.07) is 2.14. The summed E-state index contributed by atoms with van der Waals surface area (Å²) in [5.74, 6) is 1.84. The number of nitrogens with zero attached hydrogens (tertiary/aromatic N) is 3. The van der Waals surface area contributed by atoms with Gasteiger partial charge in [-0.05, 0) is 30.7 Å². The van der Waals surface area contributed by atoms with Crippen LogP contribution in [0.3, 0.4) is 0 Å². The van der Waals surface area contributed by atoms with Crippen molar-refractivity contribution in [2.24, 2.45) is 0 Å². The summed E-state index contributed by atoms with van der Waals surface area (Å²) in [7, 11) is 0. The molecule has 0 saturated heterocycles. The molecule has 0 unspecified atom stereocenters. The first-order valence-electron chi connectivity index (χ1n) is 7.54. The summed E-state index contributed by atoms with van der Waals surface area (Å²) in [5.41, 5.74) is 0. The molecule has 2 heterocycles. The third kappa shape index (κ3) is 3.39. The minimum Gasteiger partial charge on any atom is -0.356 e. The van der Waals surface area contributed by atoms with E-state index in [4.69, 9.17) is 4.98 Å². The molecular formula is C15H24N4S. The van der Waals surface area contributed by atoms with Crippen molar-refractivity contribution in [1.29, 1.82) is 0 Å². The Kier molecular flexibility index (Phi) is 5.59. The molecule has 0 amide bonds. The zero-order chi connectivity index (χ0) is 14.4. The van der Waals surface area contributed by atoms with Gasteiger partial charge in [-0.15, -0.1) is 11.3 Å². The van der Waals surface area contributed by atoms with Gasteiger partial charge in [0.15, 0.2) is 0 Å². The van der Waals surface area contributed by atoms with E-state index >= 15 is 0 Å². The van der Waals surface area contributed by atoms with E-state index in [0.29, 0.717) is 0 Å². The van der Waals surface area contributed by atoms with Crippen molar-refractivity contribution in [2.45, 2.75) is 40.0 Å². The second-order valence-electron chi connectivity index (χ2n) is 4.92. The SMILES string of the molecule is CCCNc1nc(N(CCC)CCC)c2ccsc2n1. The molecule has 0 atom stereocenters. The summed E-state index contributed by atoms with van der Waals surface area (Å²) in [4.78, 5) is 12.8. The van der Waals surface area contributed by atoms with Crippen LogP contribution in [0.15, 0.2) is 11.4 Å². The topological polar surface area (TPSA) is 41.1 Å². The zero-order valence-electron chi connectivity index (χ0n) is 12.6. The number of anilines is 2. The normalized spacial score (nSPS) is 10.9. The lowest BCUT2D eigenvalue weighted by atomic mass is 10.3. The molecule has 0 spiro atoms. The Balaban J connectivity index is 2.39. The van der Waals surface area contributed by atoms with Crippen LogP contribution >= 0.6 is 11.3 Å². The monoisotopic (exact) mass is 292 g/mol. The molecule has 0 aliphatic carbocycles. The number of nitrogens with one attached hydrogen (secondary N) is 1. The van der Waals surface area contributed by atoms with Gasteiger partial charge < -0.3 is 10.2 Å². The van der Waals surface area contributed by atoms with Crippen molar-refractivity contribution in [3.63, 3.8) is 0 Å². The van der Waals surface area contributed by atoms with E-state index < -0.39 is 0 Å². The lowest BCUT2D eigenvalue weighted by Gasteiger charge is -2.23. The van der Waals surface area contributed by atoms with E-state index in [9.17, 15) is 0 Å². The van der Waals surface area contributed by atoms with Crippen molar-refractivity contribution in [3.8, 4) is 0 Å². The fraction of sp³-hybridized carbons (Fsp3) is 0.600. The van der Waals surface area contributed by atoms with Crippen LogP contribution in [0.2, 0.25) is 0 Å². The number of hydrogen-bond acceptors (Lipinski definition) is 5. The molecule has 20 heavy (non-hydrogen) atoms. The average molecular weight is 292 g/mol. The van der Waals surface area contributed by atoms with Gasteiger partial charge in [0.1, 0.15) is 10.6 Å². The van der Waals surface area contributed by atoms with Crippen molar-refractivity contribution < 1.29 is 0 Å². The number of hydrogen-bond donors (Lipinski definition) is 1. The molecule has 2 aromatic rings. The van der Waals surface area contributed by atoms with E-state index in [1.165, 1.54) is 5.39 Å². The van der Waals surface area contributed by atoms with E-state index in [-0.39, 0.29) is 0 Å². The number of aromatic nitrogens is 2. The maximum absolute atomic E-state index is 4.76. The number of rotatable bonds is 8. The molecule has 1 N–H and O–H groups in total. The third-order valence-electron chi connectivity index (χ3n) is 3.12. The van der Waals surface area contributed by atoms with Gasteiger partial charge in [-0.1, -0.05) is 20.8 Å². The van der Waals surface area contributed by atoms with Crippen LogP contribution in [-0.4, -0.2) is 29.6 Å². The highest BCUT2D eigenvalue weighted by Gasteiger charge is 2.14. The molecule has 2 rings (SSSR count). The minimum absolute atomic E-state index is 0.758. The maximum atomic E-state index is 4.76. The second-order valence-corrected chi connectivity index (χ2v) is 5.82. The third-order valence-corrected chi connectivity index (χ3v) is 3.93. The summed E-state index contributed by atoms with van der Waals surface area (Å²) in [6.45, 7) is 9.58. The van der Waals surface area contributed by atoms with E-state index in [1.807, 2.05) is 0 Å². The molecule has 5 heteroatoms. The van der Waals surface area contributed by atoms with Crippen LogP contribution in [0.25, 0.3) is 10.2 Å². The molecule has 0 aromatic carbocycles. The predicted molar refractivity (Wildman–Crippen MR) is 89.0 cm³/mol. The van der Waals surface area contributed by atoms with Crippen LogP contribution < -0.4 is 10.2 Å². The first-order chi connectivity index (χ1) is 9.80. The Bertz CT molecular complexity index is 532. The molecule has 0 aliphatic rings. The number of thiophene rings is 1. The molecule has 0 saturated carbocycles. The summed E-state index contributed by atoms with van der Waals surface area (Å²) in [6.07, 6.45) is 3.34. The fourth-order valence-corrected chi connectivity index (χ4v) is 3.02. The van der Waals surface area contributed by atoms with E-state index in [1.54, 1.807) is 11.3 Å². The van der Waals surface area contributed by atoms with Crippen LogP contribution in [-0.2, 0) is 0 Å². The van der Waals surface area contributed by atoms with Crippen molar-refractivity contribution in [1.82, 2.24) is 9.97 Å². The molecular weight excluding hydrogens is 268 g/mol. The lowest BCUT2D eigenvalue weighted by Crippen LogP contribution is -2.26. The number of fused-ring (bicyclic) bond motifs is 1. The van der Waals surface area contributed by atoms with Crippen LogP contribution in [0, 0.1) is 0 Å². The highest BCUT2D eigenvalue weighted by Crippen LogP contribution is 2.29. The Morgan fingerprint density at radius 2 is 1.85 bits per heavy atom. The zero-order valence-corrected chi connectivity index (χ0v) is 13.5. The summed E-state index contributed by atoms with van der Waals surface area (Å²) in [5, 5.41) is 6.59. The van der Waals surface area contributed by atoms with Crippen LogP contribution in [0.4, 0.5) is 11.8 Å². The summed E-state index contributed by atoms with van der Waals surface area (Å²) < 4.78 is 0. The first kappa shape index (κ1) is 15.0. The molecule has 0 aliphatic heterocycles. The Labute approximate surface area is 125 Å². The average Bonchev–Trinajstić information content (AvgIpc) is 2.92. The first-order valence-corrected chi connectivity index (χ1v) is 8.42. The maximum Gasteiger partial charge on any atom is 0.226 e. The van der Waals surface area contributed by atoms with Crippen molar-refractivity contribution in [3.05, 3.63) is 11.4 Å². The highest BCUT2D eigenvalue weighted by atomic mass is 32.1. The quantitative estimate of drug-likeness (QED) is 0.794. The molecule has 2 aromatic heterocycles. The van der Waals surface area contributed by atoms with Gasteiger partial charge in [-0.3, -0.25) is 0 Å². The van der Waals surface area contributed by atoms with E-state index in [2.05, 4.69) is 47.4 Å². The Morgan fingerprint density at radius 3 is 2.50 bits per heavy atom. The smallest absolute Gasteiger partial charge is 0.226 e. The van der Waals surface area contributed by atoms with Gasteiger partial charge in [0, 0.05) is 19.6 Å². The minimum atomic E-state index is 0.758. The highest BCUT2D eigenvalue weighted by molar-refractivity contribution is 7.16. The van der Waals surface area contributed by atoms with Crippen LogP contribution in [0.1, 0.15) is 40.0 Å². The van der Waals surface area contributed by atoms with Crippen LogP contribution in [0.5, 0.6) is 0 Å². The summed E-state index contributed by atoms with van der Waals surface area (Å²) >= 11 is 1.68. The fourth-order valence-electron chi connectivity index (χ4n) is 2.26.